The number of nitriles is 1. The number of benzene rings is 1. The Bertz CT molecular complexity index is 1430. The lowest BCUT2D eigenvalue weighted by atomic mass is 9.67. The van der Waals surface area contributed by atoms with Gasteiger partial charge in [-0.1, -0.05) is 6.08 Å². The minimum Gasteiger partial charge on any atom is -0.440 e. The summed E-state index contributed by atoms with van der Waals surface area (Å²) >= 11 is 0. The van der Waals surface area contributed by atoms with Crippen molar-refractivity contribution in [2.75, 3.05) is 4.90 Å². The SMILES string of the molecule is CC1=CC(C)(C)N2C(=O)[C@]3(C(C#N)=C(N)Oc4cc(C)oc(=O)c43)c3c(C)c(C)cc1c32. The number of nitrogens with zero attached hydrogens (tertiary/aromatic N) is 2. The minimum atomic E-state index is -1.74. The van der Waals surface area contributed by atoms with Crippen LogP contribution in [0.5, 0.6) is 5.75 Å². The Morgan fingerprint density at radius 2 is 1.78 bits per heavy atom. The molecule has 1 aromatic carbocycles. The van der Waals surface area contributed by atoms with Crippen LogP contribution in [0.4, 0.5) is 5.69 Å². The Morgan fingerprint density at radius 3 is 2.44 bits per heavy atom. The molecule has 2 N–H and O–H groups in total. The lowest BCUT2D eigenvalue weighted by Crippen LogP contribution is -2.54. The van der Waals surface area contributed by atoms with E-state index in [1.54, 1.807) is 11.8 Å². The third kappa shape index (κ3) is 2.09. The van der Waals surface area contributed by atoms with Crippen LogP contribution in [0.25, 0.3) is 5.57 Å². The Hall–Kier alpha value is -3.79. The number of hydrogen-bond acceptors (Lipinski definition) is 6. The molecule has 0 fully saturated rings. The highest BCUT2D eigenvalue weighted by Crippen LogP contribution is 2.60. The number of aryl methyl sites for hydroxylation is 2. The molecule has 0 aliphatic carbocycles. The lowest BCUT2D eigenvalue weighted by Gasteiger charge is -2.40. The van der Waals surface area contributed by atoms with Crippen LogP contribution in [0.1, 0.15) is 54.3 Å². The molecule has 162 valence electrons. The van der Waals surface area contributed by atoms with Crippen molar-refractivity contribution in [3.05, 3.63) is 73.7 Å². The van der Waals surface area contributed by atoms with Crippen molar-refractivity contribution in [1.29, 1.82) is 5.26 Å². The van der Waals surface area contributed by atoms with Crippen LogP contribution in [-0.4, -0.2) is 11.4 Å². The molecule has 1 amide bonds. The summed E-state index contributed by atoms with van der Waals surface area (Å²) in [6.45, 7) is 11.4. The highest BCUT2D eigenvalue weighted by atomic mass is 16.5. The quantitative estimate of drug-likeness (QED) is 0.687. The second-order valence-corrected chi connectivity index (χ2v) is 9.30. The molecule has 32 heavy (non-hydrogen) atoms. The molecule has 7 nitrogen and oxygen atoms in total. The maximum Gasteiger partial charge on any atom is 0.344 e. The van der Waals surface area contributed by atoms with Crippen LogP contribution >= 0.6 is 0 Å². The summed E-state index contributed by atoms with van der Waals surface area (Å²) < 4.78 is 11.1. The van der Waals surface area contributed by atoms with E-state index in [0.29, 0.717) is 17.0 Å². The van der Waals surface area contributed by atoms with E-state index in [-0.39, 0.29) is 22.8 Å². The minimum absolute atomic E-state index is 0.00222. The molecule has 1 spiro atoms. The van der Waals surface area contributed by atoms with E-state index in [2.05, 4.69) is 6.07 Å². The molecule has 4 heterocycles. The Labute approximate surface area is 185 Å². The lowest BCUT2D eigenvalue weighted by molar-refractivity contribution is -0.121. The number of amides is 1. The molecule has 2 aromatic rings. The van der Waals surface area contributed by atoms with Gasteiger partial charge in [-0.05, 0) is 64.3 Å². The molecule has 7 heteroatoms. The van der Waals surface area contributed by atoms with Gasteiger partial charge in [-0.15, -0.1) is 0 Å². The number of fused-ring (bicyclic) bond motifs is 3. The Morgan fingerprint density at radius 1 is 1.09 bits per heavy atom. The number of carbonyl (C=O) groups is 1. The van der Waals surface area contributed by atoms with Crippen LogP contribution in [0.3, 0.4) is 0 Å². The average molecular weight is 429 g/mol. The fourth-order valence-corrected chi connectivity index (χ4v) is 5.58. The third-order valence-electron chi connectivity index (χ3n) is 6.88. The molecule has 1 atom stereocenters. The molecular weight excluding hydrogens is 406 g/mol. The van der Waals surface area contributed by atoms with Gasteiger partial charge in [0.05, 0.1) is 11.2 Å². The summed E-state index contributed by atoms with van der Waals surface area (Å²) in [5.74, 6) is -0.129. The molecule has 3 aliphatic rings. The Kier molecular flexibility index (Phi) is 3.72. The Balaban J connectivity index is 2.08. The number of allylic oxidation sites excluding steroid dienone is 1. The van der Waals surface area contributed by atoms with Crippen molar-refractivity contribution < 1.29 is 13.9 Å². The number of ether oxygens (including phenoxy) is 1. The van der Waals surface area contributed by atoms with E-state index in [4.69, 9.17) is 14.9 Å². The van der Waals surface area contributed by atoms with Gasteiger partial charge in [0.2, 0.25) is 11.8 Å². The summed E-state index contributed by atoms with van der Waals surface area (Å²) in [6, 6.07) is 5.68. The number of anilines is 1. The zero-order chi connectivity index (χ0) is 23.3. The third-order valence-corrected chi connectivity index (χ3v) is 6.88. The molecular formula is C25H23N3O4. The molecule has 0 unspecified atom stereocenters. The van der Waals surface area contributed by atoms with Gasteiger partial charge in [0.15, 0.2) is 5.41 Å². The monoisotopic (exact) mass is 429 g/mol. The van der Waals surface area contributed by atoms with Crippen LogP contribution in [0, 0.1) is 32.1 Å². The maximum absolute atomic E-state index is 14.5. The molecule has 0 radical (unpaired) electrons. The first-order chi connectivity index (χ1) is 15.0. The topological polar surface area (TPSA) is 110 Å². The summed E-state index contributed by atoms with van der Waals surface area (Å²) in [7, 11) is 0. The summed E-state index contributed by atoms with van der Waals surface area (Å²) in [6.07, 6.45) is 2.03. The second kappa shape index (κ2) is 5.92. The van der Waals surface area contributed by atoms with Crippen molar-refractivity contribution in [3.8, 4) is 11.8 Å². The maximum atomic E-state index is 14.5. The molecule has 0 saturated heterocycles. The van der Waals surface area contributed by atoms with Crippen molar-refractivity contribution in [2.45, 2.75) is 52.5 Å². The van der Waals surface area contributed by atoms with Crippen LogP contribution in [-0.2, 0) is 10.2 Å². The van der Waals surface area contributed by atoms with Gasteiger partial charge >= 0.3 is 5.63 Å². The van der Waals surface area contributed by atoms with E-state index < -0.39 is 22.5 Å². The largest absolute Gasteiger partial charge is 0.440 e. The highest BCUT2D eigenvalue weighted by Gasteiger charge is 2.64. The van der Waals surface area contributed by atoms with Crippen LogP contribution in [0.2, 0.25) is 0 Å². The van der Waals surface area contributed by atoms with E-state index in [1.807, 2.05) is 46.8 Å². The normalized spacial score (nSPS) is 22.3. The van der Waals surface area contributed by atoms with E-state index in [0.717, 1.165) is 22.3 Å². The zero-order valence-corrected chi connectivity index (χ0v) is 18.8. The first-order valence-electron chi connectivity index (χ1n) is 10.4. The number of nitrogens with two attached hydrogens (primary N) is 1. The van der Waals surface area contributed by atoms with E-state index in [1.165, 1.54) is 6.07 Å². The van der Waals surface area contributed by atoms with Gasteiger partial charge in [-0.25, -0.2) is 4.79 Å². The average Bonchev–Trinajstić information content (AvgIpc) is 2.93. The molecule has 5 rings (SSSR count). The van der Waals surface area contributed by atoms with Gasteiger partial charge < -0.3 is 19.8 Å². The standard InChI is InChI=1S/C25H23N3O4/c1-11-7-15-12(2)9-24(5,6)28-20(15)18(14(11)4)25(23(28)30)16(10-26)21(27)32-17-8-13(3)31-22(29)19(17)25/h7-9H,27H2,1-6H3/t25-/m1/s1. The fraction of sp³-hybridized carbons (Fsp3) is 0.320. The van der Waals surface area contributed by atoms with E-state index in [9.17, 15) is 14.9 Å². The van der Waals surface area contributed by atoms with Crippen molar-refractivity contribution in [1.82, 2.24) is 0 Å². The summed E-state index contributed by atoms with van der Waals surface area (Å²) in [4.78, 5) is 29.5. The fourth-order valence-electron chi connectivity index (χ4n) is 5.58. The first kappa shape index (κ1) is 20.1. The first-order valence-corrected chi connectivity index (χ1v) is 10.4. The predicted molar refractivity (Wildman–Crippen MR) is 119 cm³/mol. The molecule has 3 aliphatic heterocycles. The van der Waals surface area contributed by atoms with Gasteiger partial charge in [0, 0.05) is 17.2 Å². The van der Waals surface area contributed by atoms with Gasteiger partial charge in [-0.2, -0.15) is 5.26 Å². The summed E-state index contributed by atoms with van der Waals surface area (Å²) in [5.41, 5.74) is 7.96. The molecule has 0 saturated carbocycles. The smallest absolute Gasteiger partial charge is 0.344 e. The molecule has 0 bridgehead atoms. The van der Waals surface area contributed by atoms with Crippen LogP contribution < -0.4 is 21.0 Å². The van der Waals surface area contributed by atoms with Gasteiger partial charge in [0.1, 0.15) is 28.7 Å². The number of carbonyl (C=O) groups excluding carboxylic acids is 1. The van der Waals surface area contributed by atoms with Crippen molar-refractivity contribution in [2.24, 2.45) is 5.73 Å². The van der Waals surface area contributed by atoms with Crippen LogP contribution in [0.15, 0.2) is 38.9 Å². The predicted octanol–water partition coefficient (Wildman–Crippen LogP) is 3.48. The summed E-state index contributed by atoms with van der Waals surface area (Å²) in [5, 5.41) is 10.2. The second-order valence-electron chi connectivity index (χ2n) is 9.30. The highest BCUT2D eigenvalue weighted by molar-refractivity contribution is 6.18. The molecule has 1 aromatic heterocycles. The zero-order valence-electron chi connectivity index (χ0n) is 18.8. The van der Waals surface area contributed by atoms with Gasteiger partial charge in [0.25, 0.3) is 0 Å². The van der Waals surface area contributed by atoms with Gasteiger partial charge in [-0.3, -0.25) is 4.79 Å². The van der Waals surface area contributed by atoms with Crippen molar-refractivity contribution in [3.63, 3.8) is 0 Å². The number of hydrogen-bond donors (Lipinski definition) is 1. The van der Waals surface area contributed by atoms with E-state index >= 15 is 0 Å². The number of rotatable bonds is 0. The van der Waals surface area contributed by atoms with Crippen molar-refractivity contribution >= 4 is 17.2 Å².